The standard InChI is InChI=1S/C16H18N6/c1-13-7-9-18-16(20-13)21-15(14-5-3-2-4-6-14)8-10-22-12-17-11-19-22/h2-7,9,11-12,15H,8,10H2,1H3,(H,18,20,21)/t15-/m1/s1. The lowest BCUT2D eigenvalue weighted by Gasteiger charge is -2.19. The summed E-state index contributed by atoms with van der Waals surface area (Å²) in [5.41, 5.74) is 2.15. The van der Waals surface area contributed by atoms with Crippen molar-refractivity contribution in [2.45, 2.75) is 25.9 Å². The van der Waals surface area contributed by atoms with E-state index in [0.717, 1.165) is 18.7 Å². The molecule has 0 aliphatic rings. The van der Waals surface area contributed by atoms with Gasteiger partial charge in [0.05, 0.1) is 6.04 Å². The summed E-state index contributed by atoms with van der Waals surface area (Å²) in [7, 11) is 0. The summed E-state index contributed by atoms with van der Waals surface area (Å²) >= 11 is 0. The average molecular weight is 294 g/mol. The Morgan fingerprint density at radius 1 is 1.18 bits per heavy atom. The Kier molecular flexibility index (Phi) is 4.38. The number of nitrogens with one attached hydrogen (secondary N) is 1. The lowest BCUT2D eigenvalue weighted by atomic mass is 10.0. The molecule has 0 unspecified atom stereocenters. The van der Waals surface area contributed by atoms with E-state index in [1.807, 2.05) is 35.9 Å². The molecule has 0 saturated carbocycles. The summed E-state index contributed by atoms with van der Waals surface area (Å²) in [5.74, 6) is 0.646. The van der Waals surface area contributed by atoms with Crippen molar-refractivity contribution in [3.05, 3.63) is 66.5 Å². The maximum Gasteiger partial charge on any atom is 0.223 e. The second-order valence-electron chi connectivity index (χ2n) is 5.08. The molecule has 22 heavy (non-hydrogen) atoms. The van der Waals surface area contributed by atoms with Crippen LogP contribution >= 0.6 is 0 Å². The molecule has 0 bridgehead atoms. The Morgan fingerprint density at radius 3 is 2.77 bits per heavy atom. The van der Waals surface area contributed by atoms with Crippen molar-refractivity contribution in [2.24, 2.45) is 0 Å². The SMILES string of the molecule is Cc1ccnc(N[C@H](CCn2cncn2)c2ccccc2)n1. The van der Waals surface area contributed by atoms with E-state index < -0.39 is 0 Å². The molecule has 1 atom stereocenters. The number of nitrogens with zero attached hydrogens (tertiary/aromatic N) is 5. The van der Waals surface area contributed by atoms with Gasteiger partial charge in [0.2, 0.25) is 5.95 Å². The zero-order chi connectivity index (χ0) is 15.2. The van der Waals surface area contributed by atoms with Crippen LogP contribution in [0.4, 0.5) is 5.95 Å². The summed E-state index contributed by atoms with van der Waals surface area (Å²) in [6.07, 6.45) is 5.91. The summed E-state index contributed by atoms with van der Waals surface area (Å²) in [6, 6.07) is 12.3. The molecule has 0 fully saturated rings. The van der Waals surface area contributed by atoms with E-state index in [2.05, 4.69) is 37.5 Å². The Hall–Kier alpha value is -2.76. The summed E-state index contributed by atoms with van der Waals surface area (Å²) in [4.78, 5) is 12.7. The predicted octanol–water partition coefficient (Wildman–Crippen LogP) is 2.62. The van der Waals surface area contributed by atoms with Gasteiger partial charge in [0, 0.05) is 18.4 Å². The Bertz CT molecular complexity index is 696. The number of rotatable bonds is 6. The van der Waals surface area contributed by atoms with Crippen LogP contribution in [0.25, 0.3) is 0 Å². The van der Waals surface area contributed by atoms with E-state index in [-0.39, 0.29) is 6.04 Å². The second kappa shape index (κ2) is 6.80. The number of hydrogen-bond donors (Lipinski definition) is 1. The average Bonchev–Trinajstić information content (AvgIpc) is 3.06. The van der Waals surface area contributed by atoms with Gasteiger partial charge in [-0.25, -0.2) is 15.0 Å². The molecular weight excluding hydrogens is 276 g/mol. The van der Waals surface area contributed by atoms with Gasteiger partial charge in [0.25, 0.3) is 0 Å². The van der Waals surface area contributed by atoms with Gasteiger partial charge in [0.1, 0.15) is 12.7 Å². The lowest BCUT2D eigenvalue weighted by molar-refractivity contribution is 0.536. The summed E-state index contributed by atoms with van der Waals surface area (Å²) in [6.45, 7) is 2.73. The van der Waals surface area contributed by atoms with Crippen LogP contribution < -0.4 is 5.32 Å². The van der Waals surface area contributed by atoms with Crippen LogP contribution in [-0.2, 0) is 6.54 Å². The van der Waals surface area contributed by atoms with Gasteiger partial charge < -0.3 is 5.32 Å². The highest BCUT2D eigenvalue weighted by molar-refractivity contribution is 5.32. The quantitative estimate of drug-likeness (QED) is 0.757. The van der Waals surface area contributed by atoms with E-state index in [1.165, 1.54) is 5.56 Å². The molecule has 1 N–H and O–H groups in total. The molecule has 0 saturated heterocycles. The van der Waals surface area contributed by atoms with Crippen LogP contribution in [0.5, 0.6) is 0 Å². The molecule has 2 aromatic heterocycles. The molecule has 1 aromatic carbocycles. The van der Waals surface area contributed by atoms with Gasteiger partial charge in [0.15, 0.2) is 0 Å². The van der Waals surface area contributed by atoms with Crippen LogP contribution in [0.1, 0.15) is 23.7 Å². The second-order valence-corrected chi connectivity index (χ2v) is 5.08. The van der Waals surface area contributed by atoms with E-state index in [1.54, 1.807) is 18.9 Å². The van der Waals surface area contributed by atoms with Crippen molar-refractivity contribution in [1.82, 2.24) is 24.7 Å². The fourth-order valence-electron chi connectivity index (χ4n) is 2.29. The van der Waals surface area contributed by atoms with Gasteiger partial charge in [-0.3, -0.25) is 4.68 Å². The van der Waals surface area contributed by atoms with Crippen LogP contribution in [0.2, 0.25) is 0 Å². The third kappa shape index (κ3) is 3.66. The third-order valence-corrected chi connectivity index (χ3v) is 3.41. The third-order valence-electron chi connectivity index (χ3n) is 3.41. The largest absolute Gasteiger partial charge is 0.347 e. The van der Waals surface area contributed by atoms with Gasteiger partial charge in [-0.15, -0.1) is 0 Å². The van der Waals surface area contributed by atoms with Crippen molar-refractivity contribution in [3.8, 4) is 0 Å². The maximum atomic E-state index is 4.43. The van der Waals surface area contributed by atoms with Crippen molar-refractivity contribution >= 4 is 5.95 Å². The topological polar surface area (TPSA) is 68.5 Å². The Balaban J connectivity index is 1.76. The highest BCUT2D eigenvalue weighted by Crippen LogP contribution is 2.21. The summed E-state index contributed by atoms with van der Waals surface area (Å²) in [5, 5.41) is 7.56. The molecule has 3 rings (SSSR count). The minimum absolute atomic E-state index is 0.118. The lowest BCUT2D eigenvalue weighted by Crippen LogP contribution is -2.16. The van der Waals surface area contributed by atoms with Crippen molar-refractivity contribution < 1.29 is 0 Å². The zero-order valence-electron chi connectivity index (χ0n) is 12.4. The molecule has 6 heteroatoms. The molecule has 0 amide bonds. The number of aryl methyl sites for hydroxylation is 2. The molecule has 0 spiro atoms. The normalized spacial score (nSPS) is 12.0. The Morgan fingerprint density at radius 2 is 2.05 bits per heavy atom. The first-order valence-electron chi connectivity index (χ1n) is 7.25. The summed E-state index contributed by atoms with van der Waals surface area (Å²) < 4.78 is 1.83. The van der Waals surface area contributed by atoms with Gasteiger partial charge >= 0.3 is 0 Å². The van der Waals surface area contributed by atoms with Crippen molar-refractivity contribution in [3.63, 3.8) is 0 Å². The van der Waals surface area contributed by atoms with E-state index >= 15 is 0 Å². The first kappa shape index (κ1) is 14.2. The molecule has 3 aromatic rings. The minimum atomic E-state index is 0.118. The maximum absolute atomic E-state index is 4.43. The predicted molar refractivity (Wildman–Crippen MR) is 84.2 cm³/mol. The highest BCUT2D eigenvalue weighted by Gasteiger charge is 2.13. The van der Waals surface area contributed by atoms with E-state index in [4.69, 9.17) is 0 Å². The monoisotopic (exact) mass is 294 g/mol. The van der Waals surface area contributed by atoms with E-state index in [9.17, 15) is 0 Å². The molecule has 112 valence electrons. The van der Waals surface area contributed by atoms with Crippen molar-refractivity contribution in [2.75, 3.05) is 5.32 Å². The van der Waals surface area contributed by atoms with Gasteiger partial charge in [-0.1, -0.05) is 30.3 Å². The first-order chi connectivity index (χ1) is 10.8. The highest BCUT2D eigenvalue weighted by atomic mass is 15.3. The van der Waals surface area contributed by atoms with Gasteiger partial charge in [-0.05, 0) is 25.0 Å². The zero-order valence-corrected chi connectivity index (χ0v) is 12.4. The van der Waals surface area contributed by atoms with Crippen molar-refractivity contribution in [1.29, 1.82) is 0 Å². The van der Waals surface area contributed by atoms with Gasteiger partial charge in [-0.2, -0.15) is 5.10 Å². The minimum Gasteiger partial charge on any atom is -0.347 e. The Labute approximate surface area is 129 Å². The fourth-order valence-corrected chi connectivity index (χ4v) is 2.29. The first-order valence-corrected chi connectivity index (χ1v) is 7.25. The fraction of sp³-hybridized carbons (Fsp3) is 0.250. The van der Waals surface area contributed by atoms with Crippen LogP contribution in [0.3, 0.4) is 0 Å². The smallest absolute Gasteiger partial charge is 0.223 e. The number of aromatic nitrogens is 5. The van der Waals surface area contributed by atoms with Crippen LogP contribution in [-0.4, -0.2) is 24.7 Å². The molecule has 2 heterocycles. The molecular formula is C16H18N6. The molecule has 0 aliphatic heterocycles. The molecule has 0 radical (unpaired) electrons. The van der Waals surface area contributed by atoms with E-state index in [0.29, 0.717) is 5.95 Å². The number of benzene rings is 1. The van der Waals surface area contributed by atoms with Crippen LogP contribution in [0, 0.1) is 6.92 Å². The molecule has 6 nitrogen and oxygen atoms in total. The molecule has 0 aliphatic carbocycles. The number of anilines is 1. The van der Waals surface area contributed by atoms with Crippen LogP contribution in [0.15, 0.2) is 55.2 Å². The number of hydrogen-bond acceptors (Lipinski definition) is 5.